The lowest BCUT2D eigenvalue weighted by Crippen LogP contribution is -2.44. The highest BCUT2D eigenvalue weighted by atomic mass is 19.4. The molecule has 3 aromatic rings. The van der Waals surface area contributed by atoms with Crippen molar-refractivity contribution in [3.8, 4) is 5.75 Å². The number of amides is 1. The van der Waals surface area contributed by atoms with E-state index < -0.39 is 31.3 Å². The molecule has 0 atom stereocenters. The van der Waals surface area contributed by atoms with Crippen LogP contribution in [0.3, 0.4) is 0 Å². The Bertz CT molecular complexity index is 1260. The van der Waals surface area contributed by atoms with Crippen LogP contribution in [0.2, 0.25) is 0 Å². The molecule has 0 saturated carbocycles. The lowest BCUT2D eigenvalue weighted by atomic mass is 10.1. The van der Waals surface area contributed by atoms with Gasteiger partial charge in [-0.1, -0.05) is 26.0 Å². The third kappa shape index (κ3) is 6.75. The first-order valence-corrected chi connectivity index (χ1v) is 12.0. The van der Waals surface area contributed by atoms with E-state index in [9.17, 15) is 31.1 Å². The van der Waals surface area contributed by atoms with Crippen molar-refractivity contribution in [2.45, 2.75) is 52.0 Å². The number of nitrogens with zero attached hydrogens (tertiary/aromatic N) is 3. The van der Waals surface area contributed by atoms with E-state index in [1.54, 1.807) is 0 Å². The summed E-state index contributed by atoms with van der Waals surface area (Å²) in [5.74, 6) is 0.582. The van der Waals surface area contributed by atoms with E-state index in [0.717, 1.165) is 29.7 Å². The van der Waals surface area contributed by atoms with Gasteiger partial charge in [0.15, 0.2) is 0 Å². The van der Waals surface area contributed by atoms with E-state index in [0.29, 0.717) is 42.3 Å². The van der Waals surface area contributed by atoms with Crippen LogP contribution in [0.4, 0.5) is 26.3 Å². The molecule has 0 saturated heterocycles. The van der Waals surface area contributed by atoms with Crippen LogP contribution in [0.15, 0.2) is 36.4 Å². The van der Waals surface area contributed by atoms with Crippen molar-refractivity contribution in [3.63, 3.8) is 0 Å². The second-order valence-corrected chi connectivity index (χ2v) is 9.67. The number of hydrogen-bond donors (Lipinski definition) is 0. The van der Waals surface area contributed by atoms with E-state index in [4.69, 9.17) is 4.74 Å². The van der Waals surface area contributed by atoms with Crippen molar-refractivity contribution in [2.75, 3.05) is 19.7 Å². The van der Waals surface area contributed by atoms with Gasteiger partial charge in [0.2, 0.25) is 0 Å². The molecule has 11 heteroatoms. The fraction of sp³-hybridized carbons (Fsp3) is 0.462. The molecule has 0 radical (unpaired) electrons. The SMILES string of the molecule is CC(C)CCn1c(Cc2ccc3c(c2)CCO3)nc2cc(C(=O)N(CC(F)(F)F)CC(F)(F)F)ccc21. The third-order valence-corrected chi connectivity index (χ3v) is 6.15. The zero-order chi connectivity index (χ0) is 27.0. The highest BCUT2D eigenvalue weighted by Gasteiger charge is 2.40. The number of aryl methyl sites for hydroxylation is 1. The molecule has 1 aromatic heterocycles. The zero-order valence-electron chi connectivity index (χ0n) is 20.4. The van der Waals surface area contributed by atoms with Gasteiger partial charge in [-0.25, -0.2) is 4.98 Å². The molecule has 0 fully saturated rings. The molecule has 0 unspecified atom stereocenters. The Morgan fingerprint density at radius 2 is 1.76 bits per heavy atom. The first-order valence-electron chi connectivity index (χ1n) is 12.0. The Morgan fingerprint density at radius 1 is 1.05 bits per heavy atom. The second-order valence-electron chi connectivity index (χ2n) is 9.67. The van der Waals surface area contributed by atoms with Crippen LogP contribution >= 0.6 is 0 Å². The van der Waals surface area contributed by atoms with Gasteiger partial charge in [-0.15, -0.1) is 0 Å². The normalized spacial score (nSPS) is 13.8. The number of alkyl halides is 6. The Kier molecular flexibility index (Phi) is 7.43. The monoisotopic (exact) mass is 527 g/mol. The van der Waals surface area contributed by atoms with E-state index in [1.807, 2.05) is 16.7 Å². The van der Waals surface area contributed by atoms with Crippen LogP contribution in [-0.4, -0.2) is 52.4 Å². The fourth-order valence-electron chi connectivity index (χ4n) is 4.43. The van der Waals surface area contributed by atoms with Crippen molar-refractivity contribution < 1.29 is 35.9 Å². The topological polar surface area (TPSA) is 47.4 Å². The van der Waals surface area contributed by atoms with Crippen LogP contribution in [0, 0.1) is 5.92 Å². The predicted octanol–water partition coefficient (Wildman–Crippen LogP) is 6.17. The summed E-state index contributed by atoms with van der Waals surface area (Å²) in [5, 5.41) is 0. The molecule has 37 heavy (non-hydrogen) atoms. The standard InChI is InChI=1S/C26H27F6N3O2/c1-16(2)7-9-35-21-5-4-19(24(36)34(14-25(27,28)29)15-26(30,31)32)13-20(21)33-23(35)12-17-3-6-22-18(11-17)8-10-37-22/h3-6,11,13,16H,7-10,12,14-15H2,1-2H3. The van der Waals surface area contributed by atoms with E-state index in [-0.39, 0.29) is 10.5 Å². The van der Waals surface area contributed by atoms with Gasteiger partial charge < -0.3 is 14.2 Å². The average Bonchev–Trinajstić information content (AvgIpc) is 3.38. The van der Waals surface area contributed by atoms with Crippen molar-refractivity contribution in [2.24, 2.45) is 5.92 Å². The summed E-state index contributed by atoms with van der Waals surface area (Å²) >= 11 is 0. The molecule has 1 amide bonds. The first kappa shape index (κ1) is 26.8. The molecular formula is C26H27F6N3O2. The summed E-state index contributed by atoms with van der Waals surface area (Å²) in [6.07, 6.45) is -7.83. The van der Waals surface area contributed by atoms with Crippen molar-refractivity contribution in [3.05, 3.63) is 58.9 Å². The fourth-order valence-corrected chi connectivity index (χ4v) is 4.43. The average molecular weight is 528 g/mol. The number of rotatable bonds is 8. The number of benzene rings is 2. The summed E-state index contributed by atoms with van der Waals surface area (Å²) in [7, 11) is 0. The quantitative estimate of drug-likeness (QED) is 0.329. The minimum Gasteiger partial charge on any atom is -0.493 e. The number of ether oxygens (including phenoxy) is 1. The molecule has 2 aromatic carbocycles. The molecule has 0 N–H and O–H groups in total. The minimum absolute atomic E-state index is 0.232. The van der Waals surface area contributed by atoms with Crippen molar-refractivity contribution in [1.82, 2.24) is 14.5 Å². The van der Waals surface area contributed by atoms with Crippen LogP contribution in [0.5, 0.6) is 5.75 Å². The summed E-state index contributed by atoms with van der Waals surface area (Å²) in [6.45, 7) is 1.40. The maximum Gasteiger partial charge on any atom is 0.406 e. The van der Waals surface area contributed by atoms with Gasteiger partial charge >= 0.3 is 12.4 Å². The number of carbonyl (C=O) groups is 1. The Hall–Kier alpha value is -3.24. The van der Waals surface area contributed by atoms with E-state index >= 15 is 0 Å². The molecule has 5 nitrogen and oxygen atoms in total. The smallest absolute Gasteiger partial charge is 0.406 e. The van der Waals surface area contributed by atoms with Gasteiger partial charge in [-0.3, -0.25) is 4.79 Å². The molecule has 1 aliphatic rings. The largest absolute Gasteiger partial charge is 0.493 e. The third-order valence-electron chi connectivity index (χ3n) is 6.15. The number of carbonyl (C=O) groups excluding carboxylic acids is 1. The number of imidazole rings is 1. The maximum absolute atomic E-state index is 12.9. The Morgan fingerprint density at radius 3 is 2.41 bits per heavy atom. The number of aromatic nitrogens is 2. The second kappa shape index (κ2) is 10.3. The summed E-state index contributed by atoms with van der Waals surface area (Å²) < 4.78 is 85.1. The maximum atomic E-state index is 12.9. The molecule has 0 aliphatic carbocycles. The van der Waals surface area contributed by atoms with Gasteiger partial charge in [0, 0.05) is 24.9 Å². The summed E-state index contributed by atoms with van der Waals surface area (Å²) in [5.41, 5.74) is 2.83. The van der Waals surface area contributed by atoms with Crippen LogP contribution < -0.4 is 4.74 Å². The Labute approximate surface area is 210 Å². The predicted molar refractivity (Wildman–Crippen MR) is 126 cm³/mol. The molecule has 2 heterocycles. The molecule has 4 rings (SSSR count). The molecule has 0 bridgehead atoms. The number of halogens is 6. The molecular weight excluding hydrogens is 500 g/mol. The van der Waals surface area contributed by atoms with Gasteiger partial charge in [0.05, 0.1) is 17.6 Å². The first-order chi connectivity index (χ1) is 17.3. The highest BCUT2D eigenvalue weighted by Crippen LogP contribution is 2.29. The van der Waals surface area contributed by atoms with Gasteiger partial charge in [0.25, 0.3) is 5.91 Å². The van der Waals surface area contributed by atoms with Crippen LogP contribution in [-0.2, 0) is 19.4 Å². The van der Waals surface area contributed by atoms with Gasteiger partial charge in [-0.2, -0.15) is 26.3 Å². The zero-order valence-corrected chi connectivity index (χ0v) is 20.4. The lowest BCUT2D eigenvalue weighted by molar-refractivity contribution is -0.171. The summed E-state index contributed by atoms with van der Waals surface area (Å²) in [4.78, 5) is 17.1. The molecule has 200 valence electrons. The van der Waals surface area contributed by atoms with Crippen LogP contribution in [0.1, 0.15) is 47.6 Å². The number of fused-ring (bicyclic) bond motifs is 2. The summed E-state index contributed by atoms with van der Waals surface area (Å²) in [6, 6.07) is 9.96. The van der Waals surface area contributed by atoms with Gasteiger partial charge in [0.1, 0.15) is 24.7 Å². The molecule has 1 aliphatic heterocycles. The van der Waals surface area contributed by atoms with Crippen LogP contribution in [0.25, 0.3) is 11.0 Å². The van der Waals surface area contributed by atoms with E-state index in [1.165, 1.54) is 18.2 Å². The lowest BCUT2D eigenvalue weighted by Gasteiger charge is -2.25. The van der Waals surface area contributed by atoms with E-state index in [2.05, 4.69) is 24.9 Å². The molecule has 0 spiro atoms. The Balaban J connectivity index is 1.68. The van der Waals surface area contributed by atoms with Crippen molar-refractivity contribution >= 4 is 16.9 Å². The van der Waals surface area contributed by atoms with Gasteiger partial charge in [-0.05, 0) is 47.7 Å². The highest BCUT2D eigenvalue weighted by molar-refractivity contribution is 5.97. The minimum atomic E-state index is -4.97. The number of hydrogen-bond acceptors (Lipinski definition) is 3. The van der Waals surface area contributed by atoms with Crippen molar-refractivity contribution in [1.29, 1.82) is 0 Å².